The third kappa shape index (κ3) is 7.17. The number of aromatic nitrogens is 2. The molecule has 3 aromatic rings. The molecule has 0 radical (unpaired) electrons. The Morgan fingerprint density at radius 3 is 2.44 bits per heavy atom. The molecule has 0 amide bonds. The highest BCUT2D eigenvalue weighted by atomic mass is 31.2. The monoisotopic (exact) mass is 460 g/mol. The molecule has 1 heterocycles. The molecule has 0 spiro atoms. The molecule has 0 fully saturated rings. The van der Waals surface area contributed by atoms with Crippen LogP contribution in [0, 0.1) is 0 Å². The fraction of sp³-hybridized carbons (Fsp3) is 0.364. The Labute approximate surface area is 187 Å². The van der Waals surface area contributed by atoms with E-state index in [1.165, 1.54) is 0 Å². The lowest BCUT2D eigenvalue weighted by atomic mass is 10.2. The summed E-state index contributed by atoms with van der Waals surface area (Å²) < 4.78 is 27.2. The molecular weight excluding hydrogens is 431 g/mol. The van der Waals surface area contributed by atoms with Crippen LogP contribution in [-0.2, 0) is 20.2 Å². The minimum Gasteiger partial charge on any atom is -0.497 e. The van der Waals surface area contributed by atoms with E-state index >= 15 is 0 Å². The van der Waals surface area contributed by atoms with Gasteiger partial charge in [-0.3, -0.25) is 9.05 Å². The molecule has 0 aliphatic rings. The number of hydrogen-bond acceptors (Lipinski definition) is 8. The topological polar surface area (TPSA) is 115 Å². The first-order chi connectivity index (χ1) is 15.1. The fourth-order valence-electron chi connectivity index (χ4n) is 2.92. The van der Waals surface area contributed by atoms with Gasteiger partial charge in [0.1, 0.15) is 11.6 Å². The van der Waals surface area contributed by atoms with Gasteiger partial charge in [-0.05, 0) is 50.6 Å². The lowest BCUT2D eigenvalue weighted by Gasteiger charge is -2.22. The maximum absolute atomic E-state index is 12.0. The summed E-state index contributed by atoms with van der Waals surface area (Å²) in [7, 11) is -2.50. The minimum atomic E-state index is -4.14. The Morgan fingerprint density at radius 1 is 1.03 bits per heavy atom. The van der Waals surface area contributed by atoms with Crippen LogP contribution in [0.25, 0.3) is 10.9 Å². The number of hydrogen-bond donors (Lipinski definition) is 3. The molecule has 0 bridgehead atoms. The highest BCUT2D eigenvalue weighted by molar-refractivity contribution is 7.47. The summed E-state index contributed by atoms with van der Waals surface area (Å²) in [6.45, 7) is 5.80. The van der Waals surface area contributed by atoms with Crippen LogP contribution in [0.4, 0.5) is 11.8 Å². The summed E-state index contributed by atoms with van der Waals surface area (Å²) in [5.41, 5.74) is 1.06. The number of nitrogens with zero attached hydrogens (tertiary/aromatic N) is 2. The molecule has 1 atom stereocenters. The van der Waals surface area contributed by atoms with Gasteiger partial charge in [0.05, 0.1) is 24.8 Å². The van der Waals surface area contributed by atoms with Crippen LogP contribution < -0.4 is 15.4 Å². The zero-order valence-electron chi connectivity index (χ0n) is 18.7. The van der Waals surface area contributed by atoms with Gasteiger partial charge in [-0.25, -0.2) is 9.55 Å². The molecule has 0 saturated carbocycles. The Kier molecular flexibility index (Phi) is 7.69. The van der Waals surface area contributed by atoms with Crippen molar-refractivity contribution in [3.63, 3.8) is 0 Å². The van der Waals surface area contributed by atoms with Gasteiger partial charge < -0.3 is 20.3 Å². The van der Waals surface area contributed by atoms with E-state index in [0.29, 0.717) is 18.3 Å². The molecule has 3 N–H and O–H groups in total. The van der Waals surface area contributed by atoms with Crippen molar-refractivity contribution in [2.24, 2.45) is 0 Å². The summed E-state index contributed by atoms with van der Waals surface area (Å²) in [6, 6.07) is 15.5. The normalized spacial score (nSPS) is 13.5. The van der Waals surface area contributed by atoms with Crippen molar-refractivity contribution in [1.29, 1.82) is 0 Å². The highest BCUT2D eigenvalue weighted by Crippen LogP contribution is 2.46. The summed E-state index contributed by atoms with van der Waals surface area (Å²) in [4.78, 5) is 18.9. The standard InChI is InChI=1S/C22H29N4O5P/c1-22(2,3)31-32(27,28)30-14-13-23-21-25-19-8-6-5-7-18(19)20(26-21)24-15-16-9-11-17(29-4)12-10-16/h5-12H,13-15H2,1-4H3,(H,27,28)(H2,23,24,25,26). The number of nitrogens with one attached hydrogen (secondary N) is 2. The molecule has 32 heavy (non-hydrogen) atoms. The molecule has 0 saturated heterocycles. The average Bonchev–Trinajstić information content (AvgIpc) is 2.74. The first-order valence-corrected chi connectivity index (χ1v) is 11.7. The number of anilines is 2. The molecule has 0 aliphatic carbocycles. The molecule has 1 unspecified atom stereocenters. The number of fused-ring (bicyclic) bond motifs is 1. The second-order valence-corrected chi connectivity index (χ2v) is 9.42. The van der Waals surface area contributed by atoms with Crippen molar-refractivity contribution in [2.45, 2.75) is 32.9 Å². The maximum atomic E-state index is 12.0. The van der Waals surface area contributed by atoms with E-state index in [-0.39, 0.29) is 13.2 Å². The molecular formula is C22H29N4O5P. The van der Waals surface area contributed by atoms with Crippen molar-refractivity contribution >= 4 is 30.5 Å². The van der Waals surface area contributed by atoms with Gasteiger partial charge >= 0.3 is 7.82 Å². The maximum Gasteiger partial charge on any atom is 0.472 e. The SMILES string of the molecule is COc1ccc(CNc2nc(NCCOP(=O)(O)OC(C)(C)C)nc3ccccc23)cc1. The van der Waals surface area contributed by atoms with Crippen molar-refractivity contribution in [3.05, 3.63) is 54.1 Å². The Morgan fingerprint density at radius 2 is 1.75 bits per heavy atom. The molecule has 9 nitrogen and oxygen atoms in total. The van der Waals surface area contributed by atoms with Gasteiger partial charge in [0.15, 0.2) is 0 Å². The van der Waals surface area contributed by atoms with Crippen molar-refractivity contribution in [1.82, 2.24) is 9.97 Å². The van der Waals surface area contributed by atoms with Crippen LogP contribution in [0.2, 0.25) is 0 Å². The van der Waals surface area contributed by atoms with Gasteiger partial charge in [0.2, 0.25) is 5.95 Å². The number of phosphoric ester groups is 1. The zero-order valence-corrected chi connectivity index (χ0v) is 19.6. The van der Waals surface area contributed by atoms with E-state index in [1.54, 1.807) is 27.9 Å². The number of benzene rings is 2. The van der Waals surface area contributed by atoms with E-state index < -0.39 is 13.4 Å². The first-order valence-electron chi connectivity index (χ1n) is 10.2. The van der Waals surface area contributed by atoms with Crippen LogP contribution in [0.1, 0.15) is 26.3 Å². The van der Waals surface area contributed by atoms with E-state index in [2.05, 4.69) is 20.6 Å². The van der Waals surface area contributed by atoms with Crippen LogP contribution in [0.5, 0.6) is 5.75 Å². The second-order valence-electron chi connectivity index (χ2n) is 8.05. The lowest BCUT2D eigenvalue weighted by Crippen LogP contribution is -2.19. The summed E-state index contributed by atoms with van der Waals surface area (Å²) in [6.07, 6.45) is 0. The molecule has 10 heteroatoms. The molecule has 0 aliphatic heterocycles. The number of para-hydroxylation sites is 1. The summed E-state index contributed by atoms with van der Waals surface area (Å²) in [5.74, 6) is 1.86. The number of methoxy groups -OCH3 is 1. The van der Waals surface area contributed by atoms with Gasteiger partial charge in [-0.15, -0.1) is 0 Å². The quantitative estimate of drug-likeness (QED) is 0.295. The Bertz CT molecular complexity index is 1090. The van der Waals surface area contributed by atoms with Crippen LogP contribution >= 0.6 is 7.82 Å². The van der Waals surface area contributed by atoms with Crippen LogP contribution in [-0.4, -0.2) is 40.7 Å². The Hall–Kier alpha value is -2.71. The van der Waals surface area contributed by atoms with Gasteiger partial charge in [-0.1, -0.05) is 24.3 Å². The molecule has 2 aromatic carbocycles. The second kappa shape index (κ2) is 10.3. The number of rotatable bonds is 10. The first kappa shape index (κ1) is 23.9. The smallest absolute Gasteiger partial charge is 0.472 e. The minimum absolute atomic E-state index is 0.0470. The Balaban J connectivity index is 1.65. The van der Waals surface area contributed by atoms with E-state index in [4.69, 9.17) is 13.8 Å². The van der Waals surface area contributed by atoms with Gasteiger partial charge in [0, 0.05) is 18.5 Å². The largest absolute Gasteiger partial charge is 0.497 e. The van der Waals surface area contributed by atoms with E-state index in [1.807, 2.05) is 48.5 Å². The number of phosphoric acid groups is 1. The third-order valence-corrected chi connectivity index (χ3v) is 5.54. The predicted molar refractivity (Wildman–Crippen MR) is 125 cm³/mol. The van der Waals surface area contributed by atoms with Crippen molar-refractivity contribution in [2.75, 3.05) is 30.9 Å². The van der Waals surface area contributed by atoms with Gasteiger partial charge in [-0.2, -0.15) is 4.98 Å². The zero-order chi connectivity index (χ0) is 23.2. The van der Waals surface area contributed by atoms with Gasteiger partial charge in [0.25, 0.3) is 0 Å². The van der Waals surface area contributed by atoms with Crippen molar-refractivity contribution < 1.29 is 23.2 Å². The molecule has 172 valence electrons. The summed E-state index contributed by atoms with van der Waals surface area (Å²) in [5, 5.41) is 7.28. The predicted octanol–water partition coefficient (Wildman–Crippen LogP) is 4.59. The number of ether oxygens (including phenoxy) is 1. The average molecular weight is 460 g/mol. The summed E-state index contributed by atoms with van der Waals surface area (Å²) >= 11 is 0. The fourth-order valence-corrected chi connectivity index (χ4v) is 3.98. The van der Waals surface area contributed by atoms with Crippen molar-refractivity contribution in [3.8, 4) is 5.75 Å². The van der Waals surface area contributed by atoms with E-state index in [0.717, 1.165) is 22.2 Å². The van der Waals surface area contributed by atoms with Crippen LogP contribution in [0.15, 0.2) is 48.5 Å². The third-order valence-electron chi connectivity index (χ3n) is 4.25. The molecule has 3 rings (SSSR count). The van der Waals surface area contributed by atoms with E-state index in [9.17, 15) is 9.46 Å². The lowest BCUT2D eigenvalue weighted by molar-refractivity contribution is 0.0634. The molecule has 1 aromatic heterocycles. The highest BCUT2D eigenvalue weighted by Gasteiger charge is 2.28. The van der Waals surface area contributed by atoms with Crippen LogP contribution in [0.3, 0.4) is 0 Å².